The van der Waals surface area contributed by atoms with E-state index in [9.17, 15) is 9.90 Å². The van der Waals surface area contributed by atoms with Gasteiger partial charge >= 0.3 is 0 Å². The van der Waals surface area contributed by atoms with Crippen molar-refractivity contribution in [3.63, 3.8) is 0 Å². The smallest absolute Gasteiger partial charge is 0.182 e. The SMILES string of the molecule is Cc1cc2c(cn1)CN(CC(=O)c1cc(C(C)(C)C)c(O)c(C(C)(C)C)c1)C2=N.Cl. The van der Waals surface area contributed by atoms with E-state index in [0.717, 1.165) is 27.9 Å². The van der Waals surface area contributed by atoms with Gasteiger partial charge in [-0.2, -0.15) is 0 Å². The Bertz CT molecular complexity index is 965. The van der Waals surface area contributed by atoms with Crippen molar-refractivity contribution in [2.75, 3.05) is 6.54 Å². The molecule has 0 radical (unpaired) electrons. The van der Waals surface area contributed by atoms with Crippen LogP contribution in [0, 0.1) is 12.3 Å². The summed E-state index contributed by atoms with van der Waals surface area (Å²) < 4.78 is 0. The number of aromatic nitrogens is 1. The molecule has 0 fully saturated rings. The van der Waals surface area contributed by atoms with Crippen LogP contribution in [0.1, 0.15) is 79.8 Å². The van der Waals surface area contributed by atoms with Crippen LogP contribution in [0.4, 0.5) is 0 Å². The summed E-state index contributed by atoms with van der Waals surface area (Å²) in [5, 5.41) is 19.3. The molecule has 2 N–H and O–H groups in total. The molecule has 1 aliphatic rings. The molecule has 0 spiro atoms. The Kier molecular flexibility index (Phi) is 6.39. The molecule has 0 saturated heterocycles. The van der Waals surface area contributed by atoms with Gasteiger partial charge in [0.1, 0.15) is 11.6 Å². The number of pyridine rings is 1. The summed E-state index contributed by atoms with van der Waals surface area (Å²) in [6.07, 6.45) is 1.79. The van der Waals surface area contributed by atoms with Crippen LogP contribution in [0.15, 0.2) is 24.4 Å². The highest BCUT2D eigenvalue weighted by atomic mass is 35.5. The zero-order valence-electron chi connectivity index (χ0n) is 18.9. The molecule has 0 aliphatic carbocycles. The van der Waals surface area contributed by atoms with E-state index in [1.807, 2.05) is 66.7 Å². The predicted octanol–water partition coefficient (Wildman–Crippen LogP) is 5.14. The Labute approximate surface area is 185 Å². The molecule has 1 aliphatic heterocycles. The highest BCUT2D eigenvalue weighted by Gasteiger charge is 2.30. The van der Waals surface area contributed by atoms with E-state index in [4.69, 9.17) is 5.41 Å². The Hall–Kier alpha value is -2.40. The number of benzene rings is 1. The van der Waals surface area contributed by atoms with Gasteiger partial charge in [-0.15, -0.1) is 12.4 Å². The van der Waals surface area contributed by atoms with Crippen LogP contribution in [-0.4, -0.2) is 33.2 Å². The maximum atomic E-state index is 13.2. The van der Waals surface area contributed by atoms with Crippen molar-refractivity contribution in [2.45, 2.75) is 65.8 Å². The summed E-state index contributed by atoms with van der Waals surface area (Å²) in [6.45, 7) is 14.7. The summed E-state index contributed by atoms with van der Waals surface area (Å²) >= 11 is 0. The second kappa shape index (κ2) is 8.03. The lowest BCUT2D eigenvalue weighted by Crippen LogP contribution is -2.30. The lowest BCUT2D eigenvalue weighted by Gasteiger charge is -2.28. The first-order chi connectivity index (χ1) is 13.3. The average Bonchev–Trinajstić information content (AvgIpc) is 2.88. The monoisotopic (exact) mass is 429 g/mol. The molecule has 0 saturated carbocycles. The molecule has 30 heavy (non-hydrogen) atoms. The van der Waals surface area contributed by atoms with E-state index in [2.05, 4.69) is 4.98 Å². The van der Waals surface area contributed by atoms with Gasteiger partial charge in [0.2, 0.25) is 0 Å². The summed E-state index contributed by atoms with van der Waals surface area (Å²) in [6, 6.07) is 5.52. The number of phenolic OH excluding ortho intramolecular Hbond substituents is 1. The molecular formula is C24H32ClN3O2. The first kappa shape index (κ1) is 23.9. The van der Waals surface area contributed by atoms with Gasteiger partial charge < -0.3 is 10.0 Å². The Balaban J connectivity index is 0.00000320. The van der Waals surface area contributed by atoms with Gasteiger partial charge in [0.05, 0.1) is 6.54 Å². The summed E-state index contributed by atoms with van der Waals surface area (Å²) in [7, 11) is 0. The fourth-order valence-electron chi connectivity index (χ4n) is 3.73. The van der Waals surface area contributed by atoms with E-state index < -0.39 is 0 Å². The van der Waals surface area contributed by atoms with Crippen molar-refractivity contribution in [1.29, 1.82) is 5.41 Å². The van der Waals surface area contributed by atoms with Crippen molar-refractivity contribution in [1.82, 2.24) is 9.88 Å². The standard InChI is InChI=1S/C24H31N3O2.ClH/c1-14-8-17-16(11-26-14)12-27(22(17)25)13-20(28)15-9-18(23(2,3)4)21(29)19(10-15)24(5,6)7;/h8-11,25,29H,12-13H2,1-7H3;1H. The molecule has 0 atom stereocenters. The van der Waals surface area contributed by atoms with Crippen LogP contribution in [0.3, 0.4) is 0 Å². The lowest BCUT2D eigenvalue weighted by molar-refractivity contribution is 0.0962. The van der Waals surface area contributed by atoms with Crippen LogP contribution in [-0.2, 0) is 17.4 Å². The van der Waals surface area contributed by atoms with Crippen LogP contribution in [0.25, 0.3) is 0 Å². The maximum absolute atomic E-state index is 13.2. The lowest BCUT2D eigenvalue weighted by atomic mass is 9.78. The molecule has 162 valence electrons. The minimum absolute atomic E-state index is 0. The number of nitrogens with one attached hydrogen (secondary N) is 1. The molecule has 0 unspecified atom stereocenters. The third-order valence-corrected chi connectivity index (χ3v) is 5.44. The van der Waals surface area contributed by atoms with Gasteiger partial charge in [-0.25, -0.2) is 0 Å². The number of halogens is 1. The van der Waals surface area contributed by atoms with E-state index in [1.54, 1.807) is 11.1 Å². The van der Waals surface area contributed by atoms with Crippen LogP contribution in [0.5, 0.6) is 5.75 Å². The number of carbonyl (C=O) groups is 1. The summed E-state index contributed by atoms with van der Waals surface area (Å²) in [5.74, 6) is 0.581. The Morgan fingerprint density at radius 1 is 1.10 bits per heavy atom. The number of aromatic hydroxyl groups is 1. The molecule has 0 amide bonds. The molecule has 0 bridgehead atoms. The van der Waals surface area contributed by atoms with Crippen molar-refractivity contribution >= 4 is 24.0 Å². The first-order valence-electron chi connectivity index (χ1n) is 9.99. The number of nitrogens with zero attached hydrogens (tertiary/aromatic N) is 2. The van der Waals surface area contributed by atoms with E-state index in [0.29, 0.717) is 17.9 Å². The first-order valence-corrected chi connectivity index (χ1v) is 9.99. The number of rotatable bonds is 3. The summed E-state index contributed by atoms with van der Waals surface area (Å²) in [5.41, 5.74) is 4.23. The number of fused-ring (bicyclic) bond motifs is 1. The minimum Gasteiger partial charge on any atom is -0.507 e. The quantitative estimate of drug-likeness (QED) is 0.662. The molecule has 6 heteroatoms. The zero-order chi connectivity index (χ0) is 21.7. The number of hydrogen-bond donors (Lipinski definition) is 2. The number of ketones is 1. The van der Waals surface area contributed by atoms with Gasteiger partial charge in [-0.1, -0.05) is 41.5 Å². The van der Waals surface area contributed by atoms with Gasteiger partial charge in [0.25, 0.3) is 0 Å². The Morgan fingerprint density at radius 2 is 1.63 bits per heavy atom. The predicted molar refractivity (Wildman–Crippen MR) is 123 cm³/mol. The third-order valence-electron chi connectivity index (χ3n) is 5.44. The van der Waals surface area contributed by atoms with Gasteiger partial charge in [0.15, 0.2) is 5.78 Å². The molecule has 2 aromatic rings. The fourth-order valence-corrected chi connectivity index (χ4v) is 3.73. The van der Waals surface area contributed by atoms with E-state index >= 15 is 0 Å². The highest BCUT2D eigenvalue weighted by molar-refractivity contribution is 6.05. The molecule has 2 heterocycles. The molecule has 3 rings (SSSR count). The number of hydrogen-bond acceptors (Lipinski definition) is 4. The van der Waals surface area contributed by atoms with Crippen LogP contribution >= 0.6 is 12.4 Å². The number of carbonyl (C=O) groups excluding carboxylic acids is 1. The largest absolute Gasteiger partial charge is 0.507 e. The number of amidine groups is 1. The van der Waals surface area contributed by atoms with Gasteiger partial charge in [-0.05, 0) is 36.0 Å². The fraction of sp³-hybridized carbons (Fsp3) is 0.458. The van der Waals surface area contributed by atoms with Gasteiger partial charge in [-0.3, -0.25) is 15.2 Å². The second-order valence-electron chi connectivity index (χ2n) is 10.0. The Morgan fingerprint density at radius 3 is 2.13 bits per heavy atom. The van der Waals surface area contributed by atoms with Crippen molar-refractivity contribution in [2.24, 2.45) is 0 Å². The van der Waals surface area contributed by atoms with Crippen molar-refractivity contribution in [3.05, 3.63) is 57.9 Å². The average molecular weight is 430 g/mol. The second-order valence-corrected chi connectivity index (χ2v) is 10.0. The number of Topliss-reactive ketones (excluding diaryl/α,β-unsaturated/α-hetero) is 1. The third kappa shape index (κ3) is 4.51. The topological polar surface area (TPSA) is 77.3 Å². The highest BCUT2D eigenvalue weighted by Crippen LogP contribution is 2.40. The maximum Gasteiger partial charge on any atom is 0.182 e. The minimum atomic E-state index is -0.292. The normalized spacial score (nSPS) is 13.8. The number of phenols is 1. The number of aryl methyl sites for hydroxylation is 1. The molecule has 1 aromatic carbocycles. The van der Waals surface area contributed by atoms with Crippen LogP contribution < -0.4 is 0 Å². The van der Waals surface area contributed by atoms with Crippen molar-refractivity contribution < 1.29 is 9.90 Å². The molecule has 1 aromatic heterocycles. The van der Waals surface area contributed by atoms with Crippen molar-refractivity contribution in [3.8, 4) is 5.75 Å². The molecular weight excluding hydrogens is 398 g/mol. The van der Waals surface area contributed by atoms with E-state index in [-0.39, 0.29) is 41.3 Å². The zero-order valence-corrected chi connectivity index (χ0v) is 19.7. The van der Waals surface area contributed by atoms with Gasteiger partial charge in [0, 0.05) is 46.3 Å². The molecule has 5 nitrogen and oxygen atoms in total. The van der Waals surface area contributed by atoms with E-state index in [1.165, 1.54) is 0 Å². The summed E-state index contributed by atoms with van der Waals surface area (Å²) in [4.78, 5) is 19.3. The van der Waals surface area contributed by atoms with Crippen LogP contribution in [0.2, 0.25) is 0 Å².